The number of aromatic nitrogens is 1. The van der Waals surface area contributed by atoms with Crippen LogP contribution in [0.1, 0.15) is 11.3 Å². The molecule has 1 heterocycles. The van der Waals surface area contributed by atoms with E-state index < -0.39 is 5.82 Å². The van der Waals surface area contributed by atoms with Gasteiger partial charge in [0.15, 0.2) is 0 Å². The number of halogens is 2. The first-order chi connectivity index (χ1) is 11.5. The summed E-state index contributed by atoms with van der Waals surface area (Å²) in [4.78, 5) is 4.28. The van der Waals surface area contributed by atoms with E-state index in [4.69, 9.17) is 17.3 Å². The van der Waals surface area contributed by atoms with Crippen LogP contribution in [0.4, 0.5) is 10.2 Å². The van der Waals surface area contributed by atoms with Gasteiger partial charge in [-0.3, -0.25) is 0 Å². The highest BCUT2D eigenvalue weighted by atomic mass is 35.5. The molecule has 2 N–H and O–H groups in total. The van der Waals surface area contributed by atoms with Gasteiger partial charge in [0.1, 0.15) is 23.3 Å². The molecule has 0 aliphatic carbocycles. The molecule has 0 aliphatic rings. The maximum Gasteiger partial charge on any atom is 0.142 e. The van der Waals surface area contributed by atoms with E-state index in [1.165, 1.54) is 12.1 Å². The van der Waals surface area contributed by atoms with Crippen LogP contribution in [0.25, 0.3) is 22.3 Å². The average Bonchev–Trinajstić information content (AvgIpc) is 2.57. The van der Waals surface area contributed by atoms with Crippen LogP contribution in [0, 0.1) is 24.1 Å². The third-order valence-electron chi connectivity index (χ3n) is 3.79. The molecule has 1 aromatic heterocycles. The van der Waals surface area contributed by atoms with Gasteiger partial charge in [-0.05, 0) is 30.2 Å². The summed E-state index contributed by atoms with van der Waals surface area (Å²) in [5.74, 6) is -0.426. The van der Waals surface area contributed by atoms with E-state index in [0.29, 0.717) is 16.8 Å². The lowest BCUT2D eigenvalue weighted by molar-refractivity contribution is 0.629. The molecule has 2 aromatic carbocycles. The minimum absolute atomic E-state index is 0.0252. The summed E-state index contributed by atoms with van der Waals surface area (Å²) in [6, 6.07) is 16.1. The SMILES string of the molecule is Cc1nc(N)c(C#N)c(-c2ccc(Cl)c(F)c2)c1-c1ccccc1. The highest BCUT2D eigenvalue weighted by Crippen LogP contribution is 2.39. The zero-order valence-corrected chi connectivity index (χ0v) is 13.6. The van der Waals surface area contributed by atoms with Gasteiger partial charge in [0.2, 0.25) is 0 Å². The van der Waals surface area contributed by atoms with E-state index in [9.17, 15) is 9.65 Å². The predicted molar refractivity (Wildman–Crippen MR) is 93.9 cm³/mol. The molecule has 0 bridgehead atoms. The number of pyridine rings is 1. The number of hydrogen-bond acceptors (Lipinski definition) is 3. The number of nitrogen functional groups attached to an aromatic ring is 1. The largest absolute Gasteiger partial charge is 0.383 e. The van der Waals surface area contributed by atoms with E-state index in [-0.39, 0.29) is 16.4 Å². The number of nitrogens with two attached hydrogens (primary N) is 1. The Labute approximate surface area is 144 Å². The van der Waals surface area contributed by atoms with Crippen molar-refractivity contribution in [3.8, 4) is 28.3 Å². The number of hydrogen-bond donors (Lipinski definition) is 1. The standard InChI is InChI=1S/C19H13ClFN3/c1-11-17(12-5-3-2-4-6-12)18(14(10-22)19(23)24-11)13-7-8-15(20)16(21)9-13/h2-9H,1H3,(H2,23,24). The van der Waals surface area contributed by atoms with Gasteiger partial charge >= 0.3 is 0 Å². The van der Waals surface area contributed by atoms with Gasteiger partial charge in [-0.2, -0.15) is 5.26 Å². The van der Waals surface area contributed by atoms with Gasteiger partial charge in [-0.1, -0.05) is 48.0 Å². The molecule has 0 radical (unpaired) electrons. The van der Waals surface area contributed by atoms with Crippen LogP contribution >= 0.6 is 11.6 Å². The first-order valence-electron chi connectivity index (χ1n) is 7.24. The maximum atomic E-state index is 14.0. The Morgan fingerprint density at radius 3 is 2.42 bits per heavy atom. The zero-order chi connectivity index (χ0) is 17.3. The van der Waals surface area contributed by atoms with Gasteiger partial charge < -0.3 is 5.73 Å². The van der Waals surface area contributed by atoms with Crippen molar-refractivity contribution in [3.63, 3.8) is 0 Å². The van der Waals surface area contributed by atoms with Crippen LogP contribution in [0.2, 0.25) is 5.02 Å². The number of benzene rings is 2. The molecule has 0 spiro atoms. The van der Waals surface area contributed by atoms with E-state index in [1.54, 1.807) is 6.07 Å². The minimum Gasteiger partial charge on any atom is -0.383 e. The number of nitriles is 1. The molecule has 3 rings (SSSR count). The average molecular weight is 338 g/mol. The van der Waals surface area contributed by atoms with Crippen LogP contribution in [0.15, 0.2) is 48.5 Å². The Balaban J connectivity index is 2.42. The van der Waals surface area contributed by atoms with Crippen LogP contribution in [-0.4, -0.2) is 4.98 Å². The van der Waals surface area contributed by atoms with Crippen molar-refractivity contribution in [1.29, 1.82) is 5.26 Å². The number of nitrogens with zero attached hydrogens (tertiary/aromatic N) is 2. The molecule has 3 aromatic rings. The predicted octanol–water partition coefficient (Wildman–Crippen LogP) is 4.97. The summed E-state index contributed by atoms with van der Waals surface area (Å²) in [5.41, 5.74) is 9.55. The Bertz CT molecular complexity index is 963. The molecule has 0 saturated heterocycles. The Morgan fingerprint density at radius 1 is 1.08 bits per heavy atom. The maximum absolute atomic E-state index is 14.0. The highest BCUT2D eigenvalue weighted by Gasteiger charge is 2.20. The summed E-state index contributed by atoms with van der Waals surface area (Å²) in [6.07, 6.45) is 0. The monoisotopic (exact) mass is 337 g/mol. The van der Waals surface area contributed by atoms with E-state index in [1.807, 2.05) is 37.3 Å². The molecule has 0 saturated carbocycles. The third-order valence-corrected chi connectivity index (χ3v) is 4.10. The fraction of sp³-hybridized carbons (Fsp3) is 0.0526. The fourth-order valence-electron chi connectivity index (χ4n) is 2.74. The smallest absolute Gasteiger partial charge is 0.142 e. The quantitative estimate of drug-likeness (QED) is 0.718. The summed E-state index contributed by atoms with van der Waals surface area (Å²) in [7, 11) is 0. The van der Waals surface area contributed by atoms with Crippen molar-refractivity contribution >= 4 is 17.4 Å². The van der Waals surface area contributed by atoms with Crippen LogP contribution in [-0.2, 0) is 0 Å². The van der Waals surface area contributed by atoms with Crippen LogP contribution < -0.4 is 5.73 Å². The molecular weight excluding hydrogens is 325 g/mol. The second-order valence-corrected chi connectivity index (χ2v) is 5.72. The zero-order valence-electron chi connectivity index (χ0n) is 12.8. The first-order valence-corrected chi connectivity index (χ1v) is 7.61. The number of anilines is 1. The van der Waals surface area contributed by atoms with Crippen molar-refractivity contribution < 1.29 is 4.39 Å². The second-order valence-electron chi connectivity index (χ2n) is 5.31. The van der Waals surface area contributed by atoms with Crippen molar-refractivity contribution in [2.75, 3.05) is 5.73 Å². The molecule has 118 valence electrons. The molecule has 24 heavy (non-hydrogen) atoms. The molecule has 0 aliphatic heterocycles. The molecule has 3 nitrogen and oxygen atoms in total. The van der Waals surface area contributed by atoms with E-state index >= 15 is 0 Å². The fourth-order valence-corrected chi connectivity index (χ4v) is 2.86. The number of aryl methyl sites for hydroxylation is 1. The van der Waals surface area contributed by atoms with Crippen molar-refractivity contribution in [2.45, 2.75) is 6.92 Å². The van der Waals surface area contributed by atoms with E-state index in [2.05, 4.69) is 11.1 Å². The van der Waals surface area contributed by atoms with Gasteiger partial charge in [0.25, 0.3) is 0 Å². The lowest BCUT2D eigenvalue weighted by atomic mass is 9.90. The lowest BCUT2D eigenvalue weighted by Gasteiger charge is -2.16. The van der Waals surface area contributed by atoms with E-state index in [0.717, 1.165) is 11.1 Å². The first kappa shape index (κ1) is 16.0. The Morgan fingerprint density at radius 2 is 1.79 bits per heavy atom. The molecule has 0 fully saturated rings. The Hall–Kier alpha value is -2.90. The summed E-state index contributed by atoms with van der Waals surface area (Å²) in [5, 5.41) is 9.58. The van der Waals surface area contributed by atoms with Gasteiger partial charge in [0, 0.05) is 16.8 Å². The minimum atomic E-state index is -0.551. The molecular formula is C19H13ClFN3. The highest BCUT2D eigenvalue weighted by molar-refractivity contribution is 6.30. The van der Waals surface area contributed by atoms with Crippen molar-refractivity contribution in [3.05, 3.63) is 70.6 Å². The summed E-state index contributed by atoms with van der Waals surface area (Å²) < 4.78 is 14.0. The summed E-state index contributed by atoms with van der Waals surface area (Å²) in [6.45, 7) is 1.82. The third kappa shape index (κ3) is 2.70. The second kappa shape index (κ2) is 6.31. The van der Waals surface area contributed by atoms with Crippen molar-refractivity contribution in [2.24, 2.45) is 0 Å². The normalized spacial score (nSPS) is 10.4. The topological polar surface area (TPSA) is 62.7 Å². The van der Waals surface area contributed by atoms with Gasteiger partial charge in [-0.15, -0.1) is 0 Å². The molecule has 0 atom stereocenters. The Kier molecular flexibility index (Phi) is 4.20. The lowest BCUT2D eigenvalue weighted by Crippen LogP contribution is -2.03. The summed E-state index contributed by atoms with van der Waals surface area (Å²) >= 11 is 5.78. The van der Waals surface area contributed by atoms with Gasteiger partial charge in [-0.25, -0.2) is 9.37 Å². The van der Waals surface area contributed by atoms with Crippen LogP contribution in [0.5, 0.6) is 0 Å². The van der Waals surface area contributed by atoms with Crippen LogP contribution in [0.3, 0.4) is 0 Å². The molecule has 0 unspecified atom stereocenters. The molecule has 5 heteroatoms. The van der Waals surface area contributed by atoms with Gasteiger partial charge in [0.05, 0.1) is 5.02 Å². The number of rotatable bonds is 2. The van der Waals surface area contributed by atoms with Crippen molar-refractivity contribution in [1.82, 2.24) is 4.98 Å². The molecule has 0 amide bonds.